The van der Waals surface area contributed by atoms with Gasteiger partial charge in [-0.3, -0.25) is 14.9 Å². The van der Waals surface area contributed by atoms with Crippen molar-refractivity contribution in [1.29, 1.82) is 0 Å². The van der Waals surface area contributed by atoms with Crippen LogP contribution in [0.4, 0.5) is 5.69 Å². The zero-order chi connectivity index (χ0) is 15.0. The fourth-order valence-corrected chi connectivity index (χ4v) is 4.17. The van der Waals surface area contributed by atoms with Crippen LogP contribution in [0.25, 0.3) is 0 Å². The van der Waals surface area contributed by atoms with Gasteiger partial charge in [-0.1, -0.05) is 12.8 Å². The summed E-state index contributed by atoms with van der Waals surface area (Å²) >= 11 is 2.08. The summed E-state index contributed by atoms with van der Waals surface area (Å²) in [5.41, 5.74) is 0.453. The molecule has 1 aliphatic heterocycles. The van der Waals surface area contributed by atoms with Crippen LogP contribution in [0.2, 0.25) is 0 Å². The van der Waals surface area contributed by atoms with E-state index >= 15 is 0 Å². The Bertz CT molecular complexity index is 590. The normalized spacial score (nSPS) is 24.7. The Labute approximate surface area is 137 Å². The molecule has 1 heterocycles. The Morgan fingerprint density at radius 1 is 1.29 bits per heavy atom. The number of halogens is 1. The molecular formula is C15H17IN2O3. The topological polar surface area (TPSA) is 63.4 Å². The highest BCUT2D eigenvalue weighted by molar-refractivity contribution is 14.1. The van der Waals surface area contributed by atoms with E-state index in [9.17, 15) is 14.9 Å². The Morgan fingerprint density at radius 2 is 2.05 bits per heavy atom. The molecule has 21 heavy (non-hydrogen) atoms. The maximum absolute atomic E-state index is 12.8. The molecule has 2 atom stereocenters. The first-order valence-electron chi connectivity index (χ1n) is 7.33. The fourth-order valence-electron chi connectivity index (χ4n) is 3.60. The van der Waals surface area contributed by atoms with Crippen molar-refractivity contribution in [1.82, 2.24) is 4.90 Å². The van der Waals surface area contributed by atoms with Gasteiger partial charge < -0.3 is 4.90 Å². The largest absolute Gasteiger partial charge is 0.335 e. The first-order valence-corrected chi connectivity index (χ1v) is 8.40. The van der Waals surface area contributed by atoms with Crippen molar-refractivity contribution in [3.8, 4) is 0 Å². The molecule has 1 saturated carbocycles. The molecule has 1 amide bonds. The van der Waals surface area contributed by atoms with Crippen LogP contribution in [-0.4, -0.2) is 28.3 Å². The van der Waals surface area contributed by atoms with Gasteiger partial charge in [0.1, 0.15) is 0 Å². The van der Waals surface area contributed by atoms with Crippen molar-refractivity contribution in [3.05, 3.63) is 37.4 Å². The van der Waals surface area contributed by atoms with Crippen LogP contribution in [0, 0.1) is 19.6 Å². The van der Waals surface area contributed by atoms with Crippen LogP contribution in [-0.2, 0) is 0 Å². The van der Waals surface area contributed by atoms with E-state index in [0.717, 1.165) is 23.0 Å². The number of hydrogen-bond donors (Lipinski definition) is 0. The van der Waals surface area contributed by atoms with Crippen LogP contribution in [0.3, 0.4) is 0 Å². The second-order valence-corrected chi connectivity index (χ2v) is 6.98. The maximum Gasteiger partial charge on any atom is 0.270 e. The number of amides is 1. The molecule has 1 saturated heterocycles. The summed E-state index contributed by atoms with van der Waals surface area (Å²) in [6.07, 6.45) is 5.79. The molecule has 0 N–H and O–H groups in total. The lowest BCUT2D eigenvalue weighted by molar-refractivity contribution is -0.384. The van der Waals surface area contributed by atoms with Crippen LogP contribution >= 0.6 is 22.6 Å². The first kappa shape index (κ1) is 14.7. The number of carbonyl (C=O) groups is 1. The lowest BCUT2D eigenvalue weighted by Gasteiger charge is -2.31. The van der Waals surface area contributed by atoms with Crippen molar-refractivity contribution in [2.75, 3.05) is 6.54 Å². The van der Waals surface area contributed by atoms with E-state index in [0.29, 0.717) is 17.5 Å². The van der Waals surface area contributed by atoms with Gasteiger partial charge in [0, 0.05) is 28.3 Å². The molecule has 1 aromatic carbocycles. The van der Waals surface area contributed by atoms with E-state index in [2.05, 4.69) is 22.6 Å². The van der Waals surface area contributed by atoms with E-state index in [1.165, 1.54) is 31.4 Å². The fraction of sp³-hybridized carbons (Fsp3) is 0.533. The minimum Gasteiger partial charge on any atom is -0.335 e. The van der Waals surface area contributed by atoms with Crippen molar-refractivity contribution in [2.45, 2.75) is 38.1 Å². The van der Waals surface area contributed by atoms with Gasteiger partial charge in [-0.05, 0) is 53.8 Å². The molecule has 2 aliphatic rings. The van der Waals surface area contributed by atoms with E-state index in [1.807, 2.05) is 4.90 Å². The first-order chi connectivity index (χ1) is 10.1. The summed E-state index contributed by atoms with van der Waals surface area (Å²) in [6.45, 7) is 0.785. The third kappa shape index (κ3) is 2.77. The Morgan fingerprint density at radius 3 is 2.81 bits per heavy atom. The summed E-state index contributed by atoms with van der Waals surface area (Å²) in [5, 5.41) is 10.9. The number of hydrogen-bond acceptors (Lipinski definition) is 3. The molecular weight excluding hydrogens is 383 g/mol. The SMILES string of the molecule is O=C(c1cc([N+](=O)[O-])ccc1I)N1CCC2CCCCC21. The highest BCUT2D eigenvalue weighted by Crippen LogP contribution is 2.37. The standard InChI is InChI=1S/C15H17IN2O3/c16-13-6-5-11(18(20)21)9-12(13)15(19)17-8-7-10-3-1-2-4-14(10)17/h5-6,9-10,14H,1-4,7-8H2. The number of likely N-dealkylation sites (tertiary alicyclic amines) is 1. The zero-order valence-electron chi connectivity index (χ0n) is 11.6. The number of nitro benzene ring substituents is 1. The van der Waals surface area contributed by atoms with Crippen LogP contribution in [0.1, 0.15) is 42.5 Å². The van der Waals surface area contributed by atoms with Gasteiger partial charge in [-0.2, -0.15) is 0 Å². The Balaban J connectivity index is 1.88. The number of carbonyl (C=O) groups excluding carboxylic acids is 1. The monoisotopic (exact) mass is 400 g/mol. The van der Waals surface area contributed by atoms with Gasteiger partial charge in [0.15, 0.2) is 0 Å². The number of nitrogens with zero attached hydrogens (tertiary/aromatic N) is 2. The molecule has 0 aromatic heterocycles. The number of benzene rings is 1. The molecule has 1 aromatic rings. The Hall–Kier alpha value is -1.18. The minimum absolute atomic E-state index is 0.0156. The molecule has 0 spiro atoms. The molecule has 0 bridgehead atoms. The second kappa shape index (κ2) is 5.90. The second-order valence-electron chi connectivity index (χ2n) is 5.82. The molecule has 2 fully saturated rings. The molecule has 112 valence electrons. The van der Waals surface area contributed by atoms with Crippen LogP contribution in [0.15, 0.2) is 18.2 Å². The van der Waals surface area contributed by atoms with Gasteiger partial charge in [-0.25, -0.2) is 0 Å². The molecule has 0 radical (unpaired) electrons. The van der Waals surface area contributed by atoms with Gasteiger partial charge in [0.05, 0.1) is 10.5 Å². The summed E-state index contributed by atoms with van der Waals surface area (Å²) in [5.74, 6) is 0.580. The zero-order valence-corrected chi connectivity index (χ0v) is 13.8. The number of non-ortho nitro benzene ring substituents is 1. The van der Waals surface area contributed by atoms with Crippen molar-refractivity contribution < 1.29 is 9.72 Å². The summed E-state index contributed by atoms with van der Waals surface area (Å²) in [4.78, 5) is 25.2. The van der Waals surface area contributed by atoms with E-state index < -0.39 is 4.92 Å². The van der Waals surface area contributed by atoms with Gasteiger partial charge >= 0.3 is 0 Å². The number of fused-ring (bicyclic) bond motifs is 1. The third-order valence-corrected chi connectivity index (χ3v) is 5.60. The maximum atomic E-state index is 12.8. The van der Waals surface area contributed by atoms with Crippen LogP contribution < -0.4 is 0 Å². The highest BCUT2D eigenvalue weighted by atomic mass is 127. The summed E-state index contributed by atoms with van der Waals surface area (Å²) < 4.78 is 0.780. The predicted octanol–water partition coefficient (Wildman–Crippen LogP) is 3.60. The van der Waals surface area contributed by atoms with Crippen LogP contribution in [0.5, 0.6) is 0 Å². The lowest BCUT2D eigenvalue weighted by Crippen LogP contribution is -2.39. The van der Waals surface area contributed by atoms with E-state index in [1.54, 1.807) is 6.07 Å². The highest BCUT2D eigenvalue weighted by Gasteiger charge is 2.39. The molecule has 2 unspecified atom stereocenters. The Kier molecular flexibility index (Phi) is 4.14. The van der Waals surface area contributed by atoms with Gasteiger partial charge in [0.25, 0.3) is 11.6 Å². The summed E-state index contributed by atoms with van der Waals surface area (Å²) in [6, 6.07) is 4.85. The quantitative estimate of drug-likeness (QED) is 0.433. The molecule has 6 heteroatoms. The number of nitro groups is 1. The van der Waals surface area contributed by atoms with Crippen molar-refractivity contribution in [2.24, 2.45) is 5.92 Å². The lowest BCUT2D eigenvalue weighted by atomic mass is 9.85. The van der Waals surface area contributed by atoms with Gasteiger partial charge in [-0.15, -0.1) is 0 Å². The predicted molar refractivity (Wildman–Crippen MR) is 87.2 cm³/mol. The average molecular weight is 400 g/mol. The van der Waals surface area contributed by atoms with Crippen molar-refractivity contribution in [3.63, 3.8) is 0 Å². The van der Waals surface area contributed by atoms with E-state index in [-0.39, 0.29) is 11.6 Å². The average Bonchev–Trinajstić information content (AvgIpc) is 2.90. The number of rotatable bonds is 2. The molecule has 5 nitrogen and oxygen atoms in total. The third-order valence-electron chi connectivity index (χ3n) is 4.66. The van der Waals surface area contributed by atoms with Crippen molar-refractivity contribution >= 4 is 34.2 Å². The molecule has 3 rings (SSSR count). The summed E-state index contributed by atoms with van der Waals surface area (Å²) in [7, 11) is 0. The van der Waals surface area contributed by atoms with Gasteiger partial charge in [0.2, 0.25) is 0 Å². The molecule has 1 aliphatic carbocycles. The smallest absolute Gasteiger partial charge is 0.270 e. The minimum atomic E-state index is -0.444. The van der Waals surface area contributed by atoms with E-state index in [4.69, 9.17) is 0 Å².